The molecule has 2 aromatic rings. The molecule has 5 nitrogen and oxygen atoms in total. The Hall–Kier alpha value is -2.56. The van der Waals surface area contributed by atoms with Gasteiger partial charge in [0.25, 0.3) is 0 Å². The van der Waals surface area contributed by atoms with Gasteiger partial charge in [0.05, 0.1) is 16.9 Å². The number of aromatic nitrogens is 2. The summed E-state index contributed by atoms with van der Waals surface area (Å²) in [4.78, 5) is 34.7. The summed E-state index contributed by atoms with van der Waals surface area (Å²) in [6.45, 7) is 6.04. The molecule has 1 aromatic carbocycles. The van der Waals surface area contributed by atoms with Crippen molar-refractivity contribution < 1.29 is 14.4 Å². The molecule has 0 aliphatic rings. The molecule has 1 aromatic heterocycles. The summed E-state index contributed by atoms with van der Waals surface area (Å²) in [6, 6.07) is 6.87. The maximum atomic E-state index is 11.7. The third kappa shape index (κ3) is 2.67. The van der Waals surface area contributed by atoms with Crippen LogP contribution >= 0.6 is 0 Å². The van der Waals surface area contributed by atoms with Gasteiger partial charge in [0.2, 0.25) is 0 Å². The van der Waals surface area contributed by atoms with Crippen LogP contribution in [0.3, 0.4) is 0 Å². The highest BCUT2D eigenvalue weighted by Gasteiger charge is 2.21. The summed E-state index contributed by atoms with van der Waals surface area (Å²) in [6.07, 6.45) is 0. The van der Waals surface area contributed by atoms with Crippen molar-refractivity contribution in [1.29, 1.82) is 0 Å². The molecule has 2 rings (SSSR count). The molecule has 21 heavy (non-hydrogen) atoms. The van der Waals surface area contributed by atoms with E-state index in [4.69, 9.17) is 0 Å². The van der Waals surface area contributed by atoms with E-state index in [0.717, 1.165) is 0 Å². The fraction of sp³-hybridized carbons (Fsp3) is 0.250. The first-order valence-electron chi connectivity index (χ1n) is 6.55. The van der Waals surface area contributed by atoms with E-state index in [1.54, 1.807) is 35.9 Å². The molecule has 1 heterocycles. The lowest BCUT2D eigenvalue weighted by Gasteiger charge is -2.05. The Morgan fingerprint density at radius 2 is 1.48 bits per heavy atom. The summed E-state index contributed by atoms with van der Waals surface area (Å²) in [5, 5.41) is 4.24. The van der Waals surface area contributed by atoms with Gasteiger partial charge in [0.1, 0.15) is 5.69 Å². The summed E-state index contributed by atoms with van der Waals surface area (Å²) in [5.41, 5.74) is 2.44. The van der Waals surface area contributed by atoms with Crippen molar-refractivity contribution in [3.63, 3.8) is 0 Å². The number of hydrogen-bond donors (Lipinski definition) is 0. The second-order valence-corrected chi connectivity index (χ2v) is 4.94. The smallest absolute Gasteiger partial charge is 0.180 e. The number of carbonyl (C=O) groups is 3. The van der Waals surface area contributed by atoms with Crippen LogP contribution in [0.5, 0.6) is 0 Å². The van der Waals surface area contributed by atoms with Crippen LogP contribution in [-0.2, 0) is 0 Å². The zero-order valence-corrected chi connectivity index (χ0v) is 12.4. The Balaban J connectivity index is 2.59. The van der Waals surface area contributed by atoms with Crippen LogP contribution in [-0.4, -0.2) is 27.1 Å². The second-order valence-electron chi connectivity index (χ2n) is 4.94. The SMILES string of the molecule is CC(=O)c1ccc(-n2nc(C(C)=O)c(C(C)=O)c2C)cc1. The van der Waals surface area contributed by atoms with E-state index < -0.39 is 0 Å². The van der Waals surface area contributed by atoms with Gasteiger partial charge < -0.3 is 0 Å². The molecule has 0 unspecified atom stereocenters. The molecule has 0 aliphatic carbocycles. The lowest BCUT2D eigenvalue weighted by atomic mass is 10.1. The summed E-state index contributed by atoms with van der Waals surface area (Å²) in [5.74, 6) is -0.459. The Labute approximate surface area is 122 Å². The molecular formula is C16H16N2O3. The molecule has 0 amide bonds. The van der Waals surface area contributed by atoms with Gasteiger partial charge in [0, 0.05) is 12.5 Å². The number of hydrogen-bond acceptors (Lipinski definition) is 4. The molecule has 0 radical (unpaired) electrons. The number of carbonyl (C=O) groups excluding carboxylic acids is 3. The molecule has 0 spiro atoms. The maximum absolute atomic E-state index is 11.7. The zero-order chi connectivity index (χ0) is 15.7. The molecule has 0 N–H and O–H groups in total. The van der Waals surface area contributed by atoms with E-state index in [2.05, 4.69) is 5.10 Å². The number of Topliss-reactive ketones (excluding diaryl/α,β-unsaturated/α-hetero) is 3. The lowest BCUT2D eigenvalue weighted by Crippen LogP contribution is -2.02. The van der Waals surface area contributed by atoms with E-state index in [-0.39, 0.29) is 23.0 Å². The van der Waals surface area contributed by atoms with Crippen LogP contribution in [0.1, 0.15) is 57.7 Å². The van der Waals surface area contributed by atoms with Crippen LogP contribution in [0.2, 0.25) is 0 Å². The molecule has 0 aliphatic heterocycles. The number of benzene rings is 1. The summed E-state index contributed by atoms with van der Waals surface area (Å²) < 4.78 is 1.55. The van der Waals surface area contributed by atoms with Crippen molar-refractivity contribution >= 4 is 17.3 Å². The topological polar surface area (TPSA) is 69.0 Å². The number of ketones is 3. The molecular weight excluding hydrogens is 268 g/mol. The molecule has 0 saturated heterocycles. The highest BCUT2D eigenvalue weighted by atomic mass is 16.1. The molecule has 0 fully saturated rings. The monoisotopic (exact) mass is 284 g/mol. The first kappa shape index (κ1) is 14.8. The minimum atomic E-state index is -0.248. The van der Waals surface area contributed by atoms with Crippen LogP contribution in [0.25, 0.3) is 5.69 Å². The zero-order valence-electron chi connectivity index (χ0n) is 12.4. The maximum Gasteiger partial charge on any atom is 0.180 e. The van der Waals surface area contributed by atoms with Crippen molar-refractivity contribution in [2.45, 2.75) is 27.7 Å². The first-order chi connectivity index (χ1) is 9.82. The Morgan fingerprint density at radius 1 is 0.905 bits per heavy atom. The van der Waals surface area contributed by atoms with E-state index >= 15 is 0 Å². The largest absolute Gasteiger partial charge is 0.295 e. The number of nitrogens with zero attached hydrogens (tertiary/aromatic N) is 2. The normalized spacial score (nSPS) is 10.5. The molecule has 0 atom stereocenters. The van der Waals surface area contributed by atoms with Gasteiger partial charge in [-0.2, -0.15) is 5.10 Å². The first-order valence-corrected chi connectivity index (χ1v) is 6.55. The van der Waals surface area contributed by atoms with Gasteiger partial charge in [-0.1, -0.05) is 0 Å². The van der Waals surface area contributed by atoms with Crippen molar-refractivity contribution in [3.05, 3.63) is 46.8 Å². The third-order valence-electron chi connectivity index (χ3n) is 3.32. The van der Waals surface area contributed by atoms with Crippen molar-refractivity contribution in [1.82, 2.24) is 9.78 Å². The summed E-state index contributed by atoms with van der Waals surface area (Å²) in [7, 11) is 0. The van der Waals surface area contributed by atoms with Crippen LogP contribution in [0, 0.1) is 6.92 Å². The predicted molar refractivity (Wildman–Crippen MR) is 78.3 cm³/mol. The standard InChI is InChI=1S/C16H16N2O3/c1-9-15(11(3)20)16(12(4)21)17-18(9)14-7-5-13(6-8-14)10(2)19/h5-8H,1-4H3. The van der Waals surface area contributed by atoms with Gasteiger partial charge in [-0.15, -0.1) is 0 Å². The number of rotatable bonds is 4. The quantitative estimate of drug-likeness (QED) is 0.809. The van der Waals surface area contributed by atoms with E-state index in [1.165, 1.54) is 20.8 Å². The molecule has 0 bridgehead atoms. The van der Waals surface area contributed by atoms with Gasteiger partial charge >= 0.3 is 0 Å². The van der Waals surface area contributed by atoms with Crippen LogP contribution in [0.4, 0.5) is 0 Å². The summed E-state index contributed by atoms with van der Waals surface area (Å²) >= 11 is 0. The highest BCUT2D eigenvalue weighted by molar-refractivity contribution is 6.06. The predicted octanol–water partition coefficient (Wildman–Crippen LogP) is 2.79. The lowest BCUT2D eigenvalue weighted by molar-refractivity contribution is 0.0978. The molecule has 5 heteroatoms. The van der Waals surface area contributed by atoms with E-state index in [1.807, 2.05) is 0 Å². The van der Waals surface area contributed by atoms with E-state index in [9.17, 15) is 14.4 Å². The van der Waals surface area contributed by atoms with Crippen molar-refractivity contribution in [3.8, 4) is 5.69 Å². The Morgan fingerprint density at radius 3 is 1.86 bits per heavy atom. The fourth-order valence-electron chi connectivity index (χ4n) is 2.26. The Kier molecular flexibility index (Phi) is 3.84. The second kappa shape index (κ2) is 5.44. The third-order valence-corrected chi connectivity index (χ3v) is 3.32. The molecule has 0 saturated carbocycles. The van der Waals surface area contributed by atoms with Crippen molar-refractivity contribution in [2.75, 3.05) is 0 Å². The van der Waals surface area contributed by atoms with Gasteiger partial charge in [-0.25, -0.2) is 4.68 Å². The minimum absolute atomic E-state index is 0.0208. The van der Waals surface area contributed by atoms with Crippen molar-refractivity contribution in [2.24, 2.45) is 0 Å². The Bertz CT molecular complexity index is 740. The minimum Gasteiger partial charge on any atom is -0.295 e. The van der Waals surface area contributed by atoms with Crippen LogP contribution < -0.4 is 0 Å². The van der Waals surface area contributed by atoms with E-state index in [0.29, 0.717) is 22.5 Å². The average molecular weight is 284 g/mol. The van der Waals surface area contributed by atoms with Gasteiger partial charge in [0.15, 0.2) is 17.3 Å². The van der Waals surface area contributed by atoms with Gasteiger partial charge in [-0.3, -0.25) is 14.4 Å². The average Bonchev–Trinajstić information content (AvgIpc) is 2.76. The highest BCUT2D eigenvalue weighted by Crippen LogP contribution is 2.20. The fourth-order valence-corrected chi connectivity index (χ4v) is 2.26. The molecule has 108 valence electrons. The van der Waals surface area contributed by atoms with Crippen LogP contribution in [0.15, 0.2) is 24.3 Å². The van der Waals surface area contributed by atoms with Gasteiger partial charge in [-0.05, 0) is 45.0 Å².